The average Bonchev–Trinajstić information content (AvgIpc) is 3.05. The van der Waals surface area contributed by atoms with Gasteiger partial charge in [-0.3, -0.25) is 9.36 Å². The molecule has 2 atom stereocenters. The lowest BCUT2D eigenvalue weighted by atomic mass is 9.88. The van der Waals surface area contributed by atoms with Gasteiger partial charge in [-0.2, -0.15) is 0 Å². The Morgan fingerprint density at radius 1 is 1.10 bits per heavy atom. The van der Waals surface area contributed by atoms with Gasteiger partial charge in [-0.15, -0.1) is 0 Å². The zero-order chi connectivity index (χ0) is 20.9. The van der Waals surface area contributed by atoms with Crippen LogP contribution < -0.4 is 5.69 Å². The molecule has 1 N–H and O–H groups in total. The van der Waals surface area contributed by atoms with E-state index >= 15 is 0 Å². The third-order valence-electron chi connectivity index (χ3n) is 6.95. The summed E-state index contributed by atoms with van der Waals surface area (Å²) in [6.07, 6.45) is 10.1. The molecular weight excluding hydrogens is 378 g/mol. The van der Waals surface area contributed by atoms with E-state index in [9.17, 15) is 9.59 Å². The zero-order valence-electron chi connectivity index (χ0n) is 18.1. The van der Waals surface area contributed by atoms with E-state index in [4.69, 9.17) is 4.74 Å². The lowest BCUT2D eigenvalue weighted by molar-refractivity contribution is -0.152. The van der Waals surface area contributed by atoms with Gasteiger partial charge in [-0.25, -0.2) is 4.79 Å². The Bertz CT molecular complexity index is 894. The van der Waals surface area contributed by atoms with Crippen molar-refractivity contribution in [1.29, 1.82) is 0 Å². The number of likely N-dealkylation sites (tertiary alicyclic amines) is 1. The van der Waals surface area contributed by atoms with E-state index < -0.39 is 0 Å². The molecule has 0 unspecified atom stereocenters. The van der Waals surface area contributed by atoms with Gasteiger partial charge in [0, 0.05) is 19.6 Å². The summed E-state index contributed by atoms with van der Waals surface area (Å²) in [6, 6.07) is 7.56. The fourth-order valence-corrected chi connectivity index (χ4v) is 5.45. The van der Waals surface area contributed by atoms with Crippen LogP contribution in [0.25, 0.3) is 11.0 Å². The van der Waals surface area contributed by atoms with Gasteiger partial charge >= 0.3 is 11.7 Å². The first-order valence-corrected chi connectivity index (χ1v) is 11.8. The molecule has 0 spiro atoms. The second kappa shape index (κ2) is 9.82. The van der Waals surface area contributed by atoms with Crippen molar-refractivity contribution in [3.05, 3.63) is 34.7 Å². The monoisotopic (exact) mass is 413 g/mol. The molecule has 6 nitrogen and oxygen atoms in total. The summed E-state index contributed by atoms with van der Waals surface area (Å²) in [6.45, 7) is 4.87. The number of piperidine rings is 1. The molecule has 1 aromatic heterocycles. The topological polar surface area (TPSA) is 67.3 Å². The van der Waals surface area contributed by atoms with Crippen molar-refractivity contribution in [2.75, 3.05) is 26.2 Å². The molecule has 1 aliphatic carbocycles. The van der Waals surface area contributed by atoms with Crippen molar-refractivity contribution in [3.63, 3.8) is 0 Å². The number of para-hydroxylation sites is 2. The number of nitrogens with zero attached hydrogens (tertiary/aromatic N) is 2. The first-order valence-electron chi connectivity index (χ1n) is 11.8. The molecule has 1 aliphatic heterocycles. The van der Waals surface area contributed by atoms with E-state index in [0.717, 1.165) is 36.5 Å². The highest BCUT2D eigenvalue weighted by atomic mass is 16.5. The summed E-state index contributed by atoms with van der Waals surface area (Å²) in [4.78, 5) is 31.1. The maximum absolute atomic E-state index is 12.9. The Hall–Kier alpha value is -2.08. The highest BCUT2D eigenvalue weighted by Gasteiger charge is 2.38. The molecule has 2 heterocycles. The summed E-state index contributed by atoms with van der Waals surface area (Å²) < 4.78 is 7.24. The first-order chi connectivity index (χ1) is 14.7. The molecule has 0 amide bonds. The molecule has 4 rings (SSSR count). The van der Waals surface area contributed by atoms with Crippen LogP contribution in [0.4, 0.5) is 0 Å². The number of carbonyl (C=O) groups excluding carboxylic acids is 1. The Labute approximate surface area is 178 Å². The lowest BCUT2D eigenvalue weighted by Crippen LogP contribution is -2.48. The van der Waals surface area contributed by atoms with Crippen molar-refractivity contribution >= 4 is 17.0 Å². The first kappa shape index (κ1) is 21.2. The van der Waals surface area contributed by atoms with Gasteiger partial charge in [-0.1, -0.05) is 44.2 Å². The molecule has 1 aromatic carbocycles. The second-order valence-electron chi connectivity index (χ2n) is 9.00. The Balaban J connectivity index is 1.54. The fraction of sp³-hybridized carbons (Fsp3) is 0.667. The number of ether oxygens (including phenoxy) is 1. The van der Waals surface area contributed by atoms with Crippen molar-refractivity contribution in [2.24, 2.45) is 11.8 Å². The number of benzene rings is 1. The van der Waals surface area contributed by atoms with E-state index in [1.54, 1.807) is 4.57 Å². The van der Waals surface area contributed by atoms with Gasteiger partial charge in [0.25, 0.3) is 0 Å². The van der Waals surface area contributed by atoms with Gasteiger partial charge in [0.1, 0.15) is 0 Å². The minimum absolute atomic E-state index is 0.135. The van der Waals surface area contributed by atoms with E-state index in [0.29, 0.717) is 13.2 Å². The molecule has 2 fully saturated rings. The highest BCUT2D eigenvalue weighted by Crippen LogP contribution is 2.32. The maximum atomic E-state index is 12.9. The van der Waals surface area contributed by atoms with Crippen molar-refractivity contribution < 1.29 is 9.53 Å². The third-order valence-corrected chi connectivity index (χ3v) is 6.95. The largest absolute Gasteiger partial charge is 0.466 e. The van der Waals surface area contributed by atoms with Crippen LogP contribution in [0.5, 0.6) is 0 Å². The predicted octanol–water partition coefficient (Wildman–Crippen LogP) is 4.12. The minimum atomic E-state index is -0.316. The van der Waals surface area contributed by atoms with Crippen LogP contribution in [0.15, 0.2) is 29.1 Å². The van der Waals surface area contributed by atoms with Gasteiger partial charge in [0.05, 0.1) is 29.6 Å². The lowest BCUT2D eigenvalue weighted by Gasteiger charge is -2.39. The fourth-order valence-electron chi connectivity index (χ4n) is 5.45. The second-order valence-corrected chi connectivity index (χ2v) is 9.00. The SMILES string of the molecule is CCOC(=O)[C@@H]1CN(CC2CCCCCCC2)CC[C@H]1n1c(=O)[nH]c2ccccc21. The van der Waals surface area contributed by atoms with Crippen molar-refractivity contribution in [1.82, 2.24) is 14.5 Å². The number of aromatic nitrogens is 2. The summed E-state index contributed by atoms with van der Waals surface area (Å²) >= 11 is 0. The molecule has 1 saturated heterocycles. The number of carbonyl (C=O) groups is 1. The van der Waals surface area contributed by atoms with Crippen molar-refractivity contribution in [2.45, 2.75) is 64.3 Å². The van der Waals surface area contributed by atoms with E-state index in [2.05, 4.69) is 9.88 Å². The Morgan fingerprint density at radius 2 is 1.83 bits per heavy atom. The minimum Gasteiger partial charge on any atom is -0.466 e. The smallest absolute Gasteiger partial charge is 0.326 e. The molecule has 0 bridgehead atoms. The van der Waals surface area contributed by atoms with Crippen LogP contribution in [-0.4, -0.2) is 46.7 Å². The average molecular weight is 414 g/mol. The van der Waals surface area contributed by atoms with Crippen LogP contribution in [0.3, 0.4) is 0 Å². The van der Waals surface area contributed by atoms with Crippen LogP contribution in [0.1, 0.15) is 64.3 Å². The Kier molecular flexibility index (Phi) is 6.93. The van der Waals surface area contributed by atoms with Crippen LogP contribution in [0.2, 0.25) is 0 Å². The van der Waals surface area contributed by atoms with Crippen LogP contribution in [0, 0.1) is 11.8 Å². The standard InChI is InChI=1S/C24H35N3O3/c1-2-30-23(28)19-17-26(16-18-10-6-4-3-5-7-11-18)15-14-21(19)27-22-13-9-8-12-20(22)25-24(27)29/h8-9,12-13,18-19,21H,2-7,10-11,14-17H2,1H3,(H,25,29)/t19-,21-/m1/s1. The number of hydrogen-bond donors (Lipinski definition) is 1. The molecule has 164 valence electrons. The summed E-state index contributed by atoms with van der Waals surface area (Å²) in [7, 11) is 0. The van der Waals surface area contributed by atoms with Crippen LogP contribution >= 0.6 is 0 Å². The molecule has 1 saturated carbocycles. The molecule has 2 aliphatic rings. The van der Waals surface area contributed by atoms with Gasteiger partial charge in [0.15, 0.2) is 0 Å². The number of H-pyrrole nitrogens is 1. The van der Waals surface area contributed by atoms with E-state index in [1.807, 2.05) is 31.2 Å². The zero-order valence-corrected chi connectivity index (χ0v) is 18.1. The number of hydrogen-bond acceptors (Lipinski definition) is 4. The molecule has 0 radical (unpaired) electrons. The summed E-state index contributed by atoms with van der Waals surface area (Å²) in [5.41, 5.74) is 1.56. The number of aromatic amines is 1. The number of fused-ring (bicyclic) bond motifs is 1. The van der Waals surface area contributed by atoms with Crippen LogP contribution in [-0.2, 0) is 9.53 Å². The maximum Gasteiger partial charge on any atom is 0.326 e. The van der Waals surface area contributed by atoms with Gasteiger partial charge in [0.2, 0.25) is 0 Å². The number of nitrogens with one attached hydrogen (secondary N) is 1. The van der Waals surface area contributed by atoms with Gasteiger partial charge in [-0.05, 0) is 44.2 Å². The van der Waals surface area contributed by atoms with E-state index in [1.165, 1.54) is 44.9 Å². The van der Waals surface area contributed by atoms with Crippen molar-refractivity contribution in [3.8, 4) is 0 Å². The molecule has 30 heavy (non-hydrogen) atoms. The van der Waals surface area contributed by atoms with E-state index in [-0.39, 0.29) is 23.6 Å². The molecular formula is C24H35N3O3. The number of esters is 1. The summed E-state index contributed by atoms with van der Waals surface area (Å²) in [5.74, 6) is 0.228. The highest BCUT2D eigenvalue weighted by molar-refractivity contribution is 5.77. The normalized spacial score (nSPS) is 24.4. The summed E-state index contributed by atoms with van der Waals surface area (Å²) in [5, 5.41) is 0. The molecule has 2 aromatic rings. The number of imidazole rings is 1. The molecule has 6 heteroatoms. The quantitative estimate of drug-likeness (QED) is 0.749. The Morgan fingerprint density at radius 3 is 2.60 bits per heavy atom. The third kappa shape index (κ3) is 4.64. The predicted molar refractivity (Wildman–Crippen MR) is 119 cm³/mol. The van der Waals surface area contributed by atoms with Gasteiger partial charge < -0.3 is 14.6 Å². The number of rotatable bonds is 5.